The molecule has 0 amide bonds. The van der Waals surface area contributed by atoms with Gasteiger partial charge in [0.25, 0.3) is 0 Å². The fraction of sp³-hybridized carbons (Fsp3) is 0.875. The molecule has 0 N–H and O–H groups in total. The van der Waals surface area contributed by atoms with Crippen molar-refractivity contribution in [1.29, 1.82) is 0 Å². The van der Waals surface area contributed by atoms with Gasteiger partial charge in [-0.05, 0) is 13.3 Å². The van der Waals surface area contributed by atoms with Gasteiger partial charge in [-0.15, -0.1) is 0 Å². The summed E-state index contributed by atoms with van der Waals surface area (Å²) in [6, 6.07) is 0. The smallest absolute Gasteiger partial charge is 0.151 e. The van der Waals surface area contributed by atoms with Crippen molar-refractivity contribution in [2.45, 2.75) is 38.7 Å². The van der Waals surface area contributed by atoms with Crippen LogP contribution in [-0.4, -0.2) is 19.0 Å². The number of methoxy groups -OCH3 is 1. The Morgan fingerprint density at radius 2 is 2.20 bits per heavy atom. The molecule has 2 nitrogen and oxygen atoms in total. The van der Waals surface area contributed by atoms with Crippen LogP contribution in [0, 0.1) is 0 Å². The van der Waals surface area contributed by atoms with Crippen molar-refractivity contribution in [3.8, 4) is 0 Å². The van der Waals surface area contributed by atoms with Crippen LogP contribution in [0.3, 0.4) is 0 Å². The molecule has 2 heteroatoms. The largest absolute Gasteiger partial charge is 0.371 e. The predicted molar refractivity (Wildman–Crippen MR) is 41.0 cm³/mol. The third-order valence-corrected chi connectivity index (χ3v) is 1.74. The molecule has 0 aliphatic carbocycles. The first-order chi connectivity index (χ1) is 4.68. The highest BCUT2D eigenvalue weighted by atomic mass is 16.5. The average molecular weight is 144 g/mol. The first-order valence-corrected chi connectivity index (χ1v) is 3.70. The SMILES string of the molecule is CCCC[C@](C)(C=O)OC. The van der Waals surface area contributed by atoms with Crippen LogP contribution in [0.15, 0.2) is 0 Å². The van der Waals surface area contributed by atoms with Gasteiger partial charge in [0.2, 0.25) is 0 Å². The summed E-state index contributed by atoms with van der Waals surface area (Å²) in [4.78, 5) is 10.4. The summed E-state index contributed by atoms with van der Waals surface area (Å²) in [5.41, 5.74) is -0.546. The molecule has 0 aromatic carbocycles. The lowest BCUT2D eigenvalue weighted by atomic mass is 10.0. The number of unbranched alkanes of at least 4 members (excludes halogenated alkanes) is 1. The molecule has 0 radical (unpaired) electrons. The van der Waals surface area contributed by atoms with E-state index in [1.165, 1.54) is 0 Å². The van der Waals surface area contributed by atoms with E-state index in [1.54, 1.807) is 7.11 Å². The minimum atomic E-state index is -0.546. The monoisotopic (exact) mass is 144 g/mol. The summed E-state index contributed by atoms with van der Waals surface area (Å²) >= 11 is 0. The molecule has 0 heterocycles. The van der Waals surface area contributed by atoms with E-state index in [1.807, 2.05) is 6.92 Å². The highest BCUT2D eigenvalue weighted by Gasteiger charge is 2.20. The van der Waals surface area contributed by atoms with Gasteiger partial charge in [0.15, 0.2) is 6.29 Å². The topological polar surface area (TPSA) is 26.3 Å². The zero-order chi connectivity index (χ0) is 8.04. The molecular weight excluding hydrogens is 128 g/mol. The lowest BCUT2D eigenvalue weighted by molar-refractivity contribution is -0.126. The first kappa shape index (κ1) is 9.63. The Balaban J connectivity index is 3.68. The molecule has 0 aromatic heterocycles. The number of hydrogen-bond acceptors (Lipinski definition) is 2. The number of hydrogen-bond donors (Lipinski definition) is 0. The van der Waals surface area contributed by atoms with Crippen molar-refractivity contribution >= 4 is 6.29 Å². The van der Waals surface area contributed by atoms with Crippen molar-refractivity contribution in [3.05, 3.63) is 0 Å². The van der Waals surface area contributed by atoms with E-state index >= 15 is 0 Å². The van der Waals surface area contributed by atoms with E-state index in [4.69, 9.17) is 4.74 Å². The standard InChI is InChI=1S/C8H16O2/c1-4-5-6-8(2,7-9)10-3/h7H,4-6H2,1-3H3/t8-/m1/s1. The number of carbonyl (C=O) groups excluding carboxylic acids is 1. The lowest BCUT2D eigenvalue weighted by Crippen LogP contribution is -2.28. The zero-order valence-electron chi connectivity index (χ0n) is 7.02. The maximum absolute atomic E-state index is 10.4. The highest BCUT2D eigenvalue weighted by Crippen LogP contribution is 2.14. The van der Waals surface area contributed by atoms with Crippen LogP contribution in [0.1, 0.15) is 33.1 Å². The summed E-state index contributed by atoms with van der Waals surface area (Å²) in [5.74, 6) is 0. The maximum atomic E-state index is 10.4. The van der Waals surface area contributed by atoms with Gasteiger partial charge in [-0.3, -0.25) is 0 Å². The number of ether oxygens (including phenoxy) is 1. The van der Waals surface area contributed by atoms with Gasteiger partial charge < -0.3 is 9.53 Å². The Bertz CT molecular complexity index is 101. The molecule has 1 atom stereocenters. The van der Waals surface area contributed by atoms with Crippen molar-refractivity contribution in [2.75, 3.05) is 7.11 Å². The average Bonchev–Trinajstić information content (AvgIpc) is 2.00. The second-order valence-corrected chi connectivity index (χ2v) is 2.74. The Labute approximate surface area is 62.6 Å². The van der Waals surface area contributed by atoms with Gasteiger partial charge >= 0.3 is 0 Å². The zero-order valence-corrected chi connectivity index (χ0v) is 7.02. The predicted octanol–water partition coefficient (Wildman–Crippen LogP) is 1.78. The fourth-order valence-corrected chi connectivity index (χ4v) is 0.737. The van der Waals surface area contributed by atoms with Gasteiger partial charge in [0, 0.05) is 7.11 Å². The van der Waals surface area contributed by atoms with Crippen LogP contribution in [0.4, 0.5) is 0 Å². The molecule has 0 aliphatic rings. The molecule has 60 valence electrons. The Hall–Kier alpha value is -0.370. The van der Waals surface area contributed by atoms with Crippen molar-refractivity contribution in [3.63, 3.8) is 0 Å². The second kappa shape index (κ2) is 4.45. The van der Waals surface area contributed by atoms with Gasteiger partial charge in [0.1, 0.15) is 5.60 Å². The first-order valence-electron chi connectivity index (χ1n) is 3.70. The fourth-order valence-electron chi connectivity index (χ4n) is 0.737. The third kappa shape index (κ3) is 2.97. The third-order valence-electron chi connectivity index (χ3n) is 1.74. The number of aldehydes is 1. The molecule has 0 aliphatic heterocycles. The number of carbonyl (C=O) groups is 1. The molecule has 0 bridgehead atoms. The van der Waals surface area contributed by atoms with Gasteiger partial charge in [-0.2, -0.15) is 0 Å². The summed E-state index contributed by atoms with van der Waals surface area (Å²) in [6.45, 7) is 3.91. The van der Waals surface area contributed by atoms with E-state index in [-0.39, 0.29) is 0 Å². The minimum Gasteiger partial charge on any atom is -0.371 e. The van der Waals surface area contributed by atoms with Crippen molar-refractivity contribution < 1.29 is 9.53 Å². The van der Waals surface area contributed by atoms with E-state index in [9.17, 15) is 4.79 Å². The van der Waals surface area contributed by atoms with Crippen LogP contribution in [0.2, 0.25) is 0 Å². The van der Waals surface area contributed by atoms with Crippen LogP contribution >= 0.6 is 0 Å². The molecule has 0 rings (SSSR count). The maximum Gasteiger partial charge on any atom is 0.151 e. The van der Waals surface area contributed by atoms with Crippen LogP contribution in [-0.2, 0) is 9.53 Å². The summed E-state index contributed by atoms with van der Waals surface area (Å²) in [5, 5.41) is 0. The Kier molecular flexibility index (Phi) is 4.28. The quantitative estimate of drug-likeness (QED) is 0.550. The normalized spacial score (nSPS) is 16.3. The van der Waals surface area contributed by atoms with Gasteiger partial charge in [0.05, 0.1) is 0 Å². The molecule has 0 saturated carbocycles. The summed E-state index contributed by atoms with van der Waals surface area (Å²) in [6.07, 6.45) is 3.85. The van der Waals surface area contributed by atoms with Crippen LogP contribution in [0.25, 0.3) is 0 Å². The summed E-state index contributed by atoms with van der Waals surface area (Å²) < 4.78 is 5.02. The van der Waals surface area contributed by atoms with E-state index in [0.717, 1.165) is 25.5 Å². The van der Waals surface area contributed by atoms with Crippen molar-refractivity contribution in [2.24, 2.45) is 0 Å². The van der Waals surface area contributed by atoms with Crippen LogP contribution < -0.4 is 0 Å². The molecule has 0 unspecified atom stereocenters. The Morgan fingerprint density at radius 1 is 1.60 bits per heavy atom. The second-order valence-electron chi connectivity index (χ2n) is 2.74. The van der Waals surface area contributed by atoms with Crippen LogP contribution in [0.5, 0.6) is 0 Å². The molecule has 0 aromatic rings. The Morgan fingerprint density at radius 3 is 2.50 bits per heavy atom. The van der Waals surface area contributed by atoms with Gasteiger partial charge in [-0.1, -0.05) is 19.8 Å². The molecule has 0 saturated heterocycles. The number of rotatable bonds is 5. The van der Waals surface area contributed by atoms with E-state index in [0.29, 0.717) is 0 Å². The highest BCUT2D eigenvalue weighted by molar-refractivity contribution is 5.61. The minimum absolute atomic E-state index is 0.546. The molecular formula is C8H16O2. The van der Waals surface area contributed by atoms with E-state index in [2.05, 4.69) is 6.92 Å². The lowest BCUT2D eigenvalue weighted by Gasteiger charge is -2.20. The molecule has 0 fully saturated rings. The summed E-state index contributed by atoms with van der Waals surface area (Å²) in [7, 11) is 1.57. The van der Waals surface area contributed by atoms with E-state index < -0.39 is 5.60 Å². The van der Waals surface area contributed by atoms with Gasteiger partial charge in [-0.25, -0.2) is 0 Å². The molecule has 10 heavy (non-hydrogen) atoms. The van der Waals surface area contributed by atoms with Crippen molar-refractivity contribution in [1.82, 2.24) is 0 Å². The molecule has 0 spiro atoms.